The monoisotopic (exact) mass is 1130 g/mol. The molecule has 0 saturated heterocycles. The topological polar surface area (TPSA) is 204 Å². The zero-order valence-electron chi connectivity index (χ0n) is 45.7. The third-order valence-electron chi connectivity index (χ3n) is 12.3. The van der Waals surface area contributed by atoms with Crippen molar-refractivity contribution in [1.29, 1.82) is 0 Å². The smallest absolute Gasteiger partial charge is 0.408 e. The van der Waals surface area contributed by atoms with Crippen LogP contribution in [0.1, 0.15) is 90.6 Å². The largest absolute Gasteiger partial charge is 0.489 e. The van der Waals surface area contributed by atoms with Crippen molar-refractivity contribution >= 4 is 41.7 Å². The van der Waals surface area contributed by atoms with Crippen LogP contribution in [0.2, 0.25) is 0 Å². The number of aromatic nitrogens is 4. The van der Waals surface area contributed by atoms with E-state index in [1.165, 1.54) is 15.4 Å². The van der Waals surface area contributed by atoms with E-state index in [0.29, 0.717) is 41.6 Å². The lowest BCUT2D eigenvalue weighted by molar-refractivity contribution is -0.121. The molecule has 2 N–H and O–H groups in total. The van der Waals surface area contributed by atoms with E-state index in [9.17, 15) is 24.0 Å². The molecule has 8 aromatic rings. The molecule has 2 aliphatic rings. The van der Waals surface area contributed by atoms with Crippen molar-refractivity contribution in [3.05, 3.63) is 233 Å². The summed E-state index contributed by atoms with van der Waals surface area (Å²) in [5.74, 6) is 12.7. The maximum absolute atomic E-state index is 13.2. The molecule has 0 spiro atoms. The predicted octanol–water partition coefficient (Wildman–Crippen LogP) is 9.83. The Hall–Kier alpha value is -10.7. The molecule has 4 amide bonds. The summed E-state index contributed by atoms with van der Waals surface area (Å²) in [6.45, 7) is 5.67. The number of ether oxygens (including phenoxy) is 4. The van der Waals surface area contributed by atoms with Crippen molar-refractivity contribution in [2.45, 2.75) is 66.2 Å². The number of amides is 4. The summed E-state index contributed by atoms with van der Waals surface area (Å²) in [5.41, 5.74) is 8.19. The fraction of sp³-hybridized carbons (Fsp3) is 0.209. The fourth-order valence-electron chi connectivity index (χ4n) is 8.25. The van der Waals surface area contributed by atoms with Crippen molar-refractivity contribution in [2.24, 2.45) is 0 Å². The lowest BCUT2D eigenvalue weighted by atomic mass is 10.1. The molecule has 2 aliphatic heterocycles. The summed E-state index contributed by atoms with van der Waals surface area (Å²) in [5, 5.41) is 5.37. The summed E-state index contributed by atoms with van der Waals surface area (Å²) >= 11 is 0. The van der Waals surface area contributed by atoms with E-state index in [1.807, 2.05) is 97.1 Å². The van der Waals surface area contributed by atoms with Gasteiger partial charge in [0.05, 0.1) is 11.4 Å². The minimum absolute atomic E-state index is 0. The van der Waals surface area contributed by atoms with E-state index in [0.717, 1.165) is 45.4 Å². The number of hydrogen-bond acceptors (Lipinski definition) is 13. The number of carbonyl (C=O) groups is 5. The summed E-state index contributed by atoms with van der Waals surface area (Å²) in [6, 6.07) is 43.8. The minimum Gasteiger partial charge on any atom is -0.489 e. The van der Waals surface area contributed by atoms with Crippen molar-refractivity contribution in [3.8, 4) is 41.1 Å². The van der Waals surface area contributed by atoms with Crippen LogP contribution in [0.5, 0.6) is 17.4 Å². The maximum atomic E-state index is 13.2. The molecule has 2 atom stereocenters. The lowest BCUT2D eigenvalue weighted by Crippen LogP contribution is -2.50. The number of fused-ring (bicyclic) bond motifs is 2. The van der Waals surface area contributed by atoms with Crippen LogP contribution in [-0.4, -0.2) is 95.2 Å². The highest BCUT2D eigenvalue weighted by Crippen LogP contribution is 2.33. The highest BCUT2D eigenvalue weighted by atomic mass is 16.6. The fourth-order valence-corrected chi connectivity index (χ4v) is 8.25. The van der Waals surface area contributed by atoms with Gasteiger partial charge in [0.15, 0.2) is 0 Å². The standard InChI is InChI=1S/C30H24N4O3.C22H23N3O4.C13H11NO2.2CH4/c1-34-27-18-22(9-10-23-8-5-14-31-19-23)11-12-28(27)37-20-26(30(34)36)33-29(35)25-17-24(13-15-32-25)16-21-6-3-2-4-7-21;1-22(2,3)29-21(27)24-17-14-28-19-10-9-15(12-18(19)25(4)20(17)26)7-8-16-6-5-11-23-13-16;15-10-16-13-9-12(6-7-14-13)8-11-4-2-1-3-5-11;;/h2-8,11-15,17-19,26H,16,20H2,1H3,(H,33,35);5-6,9-13,17H,14H2,1-4H3,(H,24,27);1-7,9-10H,8H2;2*1H4/t26-;17-;;;/m00.../s1. The van der Waals surface area contributed by atoms with Crippen LogP contribution < -0.4 is 34.6 Å². The third kappa shape index (κ3) is 18.2. The molecule has 428 valence electrons. The molecule has 0 saturated carbocycles. The van der Waals surface area contributed by atoms with Crippen LogP contribution in [0.4, 0.5) is 16.2 Å². The van der Waals surface area contributed by atoms with E-state index in [-0.39, 0.29) is 45.6 Å². The Morgan fingerprint density at radius 1 is 0.583 bits per heavy atom. The van der Waals surface area contributed by atoms with E-state index < -0.39 is 29.7 Å². The third-order valence-corrected chi connectivity index (χ3v) is 12.3. The number of nitrogens with one attached hydrogen (secondary N) is 2. The first-order valence-corrected chi connectivity index (χ1v) is 26.0. The Morgan fingerprint density at radius 2 is 1.06 bits per heavy atom. The van der Waals surface area contributed by atoms with Crippen LogP contribution in [-0.2, 0) is 32.0 Å². The zero-order valence-corrected chi connectivity index (χ0v) is 45.7. The molecule has 4 aromatic heterocycles. The van der Waals surface area contributed by atoms with Crippen LogP contribution in [0.15, 0.2) is 183 Å². The molecule has 10 rings (SSSR count). The van der Waals surface area contributed by atoms with Gasteiger partial charge < -0.3 is 39.4 Å². The van der Waals surface area contributed by atoms with Crippen LogP contribution >= 0.6 is 0 Å². The number of pyridine rings is 4. The molecule has 17 heteroatoms. The van der Waals surface area contributed by atoms with Crippen molar-refractivity contribution in [3.63, 3.8) is 0 Å². The van der Waals surface area contributed by atoms with Crippen LogP contribution in [0, 0.1) is 23.7 Å². The van der Waals surface area contributed by atoms with Gasteiger partial charge in [0.1, 0.15) is 48.1 Å². The van der Waals surface area contributed by atoms with E-state index in [4.69, 9.17) is 18.9 Å². The Labute approximate surface area is 490 Å². The SMILES string of the molecule is C.C.CN1C(=O)[C@@H](NC(=O)OC(C)(C)C)COc2ccc(C#Cc3cccnc3)cc21.CN1C(=O)[C@@H](NC(=O)c2cc(Cc3ccccc3)ccn2)COc2ccc(C#Cc3cccnc3)cc21.O=COc1cc(Cc2ccccc2)ccn1. The number of nitrogens with zero attached hydrogens (tertiary/aromatic N) is 6. The quantitative estimate of drug-likeness (QED) is 0.102. The molecule has 84 heavy (non-hydrogen) atoms. The Kier molecular flexibility index (Phi) is 22.5. The van der Waals surface area contributed by atoms with Crippen LogP contribution in [0.25, 0.3) is 0 Å². The highest BCUT2D eigenvalue weighted by Gasteiger charge is 2.33. The molecule has 6 heterocycles. The van der Waals surface area contributed by atoms with Crippen LogP contribution in [0.3, 0.4) is 0 Å². The summed E-state index contributed by atoms with van der Waals surface area (Å²) in [7, 11) is 3.30. The molecular weight excluding hydrogens is 1060 g/mol. The second kappa shape index (κ2) is 30.2. The van der Waals surface area contributed by atoms with Gasteiger partial charge in [-0.15, -0.1) is 0 Å². The van der Waals surface area contributed by atoms with Crippen molar-refractivity contribution in [1.82, 2.24) is 30.6 Å². The molecule has 4 aromatic carbocycles. The van der Waals surface area contributed by atoms with Gasteiger partial charge in [-0.25, -0.2) is 9.78 Å². The van der Waals surface area contributed by atoms with E-state index in [2.05, 4.69) is 66.4 Å². The first-order chi connectivity index (χ1) is 39.7. The molecule has 0 bridgehead atoms. The number of benzene rings is 4. The summed E-state index contributed by atoms with van der Waals surface area (Å²) in [4.78, 5) is 80.5. The van der Waals surface area contributed by atoms with Gasteiger partial charge in [-0.1, -0.05) is 99.2 Å². The van der Waals surface area contributed by atoms with Gasteiger partial charge in [0.2, 0.25) is 5.88 Å². The lowest BCUT2D eigenvalue weighted by Gasteiger charge is -2.23. The van der Waals surface area contributed by atoms with Gasteiger partial charge in [-0.3, -0.25) is 34.1 Å². The second-order valence-electron chi connectivity index (χ2n) is 19.6. The Morgan fingerprint density at radius 3 is 1.54 bits per heavy atom. The van der Waals surface area contributed by atoms with E-state index in [1.54, 1.807) is 108 Å². The summed E-state index contributed by atoms with van der Waals surface area (Å²) in [6.07, 6.45) is 10.8. The van der Waals surface area contributed by atoms with Gasteiger partial charge in [-0.2, -0.15) is 0 Å². The molecule has 0 aliphatic carbocycles. The number of carbonyl (C=O) groups excluding carboxylic acids is 5. The Bertz CT molecular complexity index is 3650. The second-order valence-corrected chi connectivity index (χ2v) is 19.6. The van der Waals surface area contributed by atoms with Crippen molar-refractivity contribution in [2.75, 3.05) is 37.1 Å². The zero-order chi connectivity index (χ0) is 57.8. The minimum atomic E-state index is -0.866. The first kappa shape index (κ1) is 62.5. The number of alkyl carbamates (subject to hydrolysis) is 1. The Balaban J connectivity index is 0.000000214. The number of anilines is 2. The molecular formula is C67H66N8O9. The first-order valence-electron chi connectivity index (χ1n) is 26.0. The average molecular weight is 1130 g/mol. The molecule has 0 fully saturated rings. The van der Waals surface area contributed by atoms with Gasteiger partial charge in [-0.05, 0) is 135 Å². The van der Waals surface area contributed by atoms with Gasteiger partial charge in [0, 0.05) is 79.6 Å². The number of likely N-dealkylation sites (N-methyl/N-ethyl adjacent to an activating group) is 2. The molecule has 0 radical (unpaired) electrons. The van der Waals surface area contributed by atoms with Crippen molar-refractivity contribution < 1.29 is 42.9 Å². The van der Waals surface area contributed by atoms with Gasteiger partial charge >= 0.3 is 6.09 Å². The van der Waals surface area contributed by atoms with E-state index >= 15 is 0 Å². The van der Waals surface area contributed by atoms with Gasteiger partial charge in [0.25, 0.3) is 24.2 Å². The predicted molar refractivity (Wildman–Crippen MR) is 323 cm³/mol. The molecule has 17 nitrogen and oxygen atoms in total. The average Bonchev–Trinajstić information content (AvgIpc) is 3.67. The summed E-state index contributed by atoms with van der Waals surface area (Å²) < 4.78 is 21.6. The normalized spacial score (nSPS) is 13.7. The number of hydrogen-bond donors (Lipinski definition) is 2. The highest BCUT2D eigenvalue weighted by molar-refractivity contribution is 6.03. The number of rotatable bonds is 9. The maximum Gasteiger partial charge on any atom is 0.408 e. The molecule has 0 unspecified atom stereocenters.